The minimum atomic E-state index is 0.569. The minimum Gasteiger partial charge on any atom is -0.289 e. The lowest BCUT2D eigenvalue weighted by atomic mass is 9.65. The predicted molar refractivity (Wildman–Crippen MR) is 103 cm³/mol. The maximum Gasteiger partial charge on any atom is 0.0419 e. The van der Waals surface area contributed by atoms with Crippen LogP contribution in [-0.4, -0.2) is 12.3 Å². The van der Waals surface area contributed by atoms with E-state index in [0.29, 0.717) is 11.8 Å². The van der Waals surface area contributed by atoms with Crippen molar-refractivity contribution in [1.82, 2.24) is 0 Å². The molecule has 0 aromatic carbocycles. The Morgan fingerprint density at radius 1 is 1.13 bits per heavy atom. The third-order valence-corrected chi connectivity index (χ3v) is 6.28. The number of rotatable bonds is 7. The summed E-state index contributed by atoms with van der Waals surface area (Å²) in [5, 5.41) is 0. The molecule has 0 amide bonds. The highest BCUT2D eigenvalue weighted by molar-refractivity contribution is 5.99. The van der Waals surface area contributed by atoms with Crippen molar-refractivity contribution in [2.45, 2.75) is 67.2 Å². The first kappa shape index (κ1) is 18.5. The Morgan fingerprint density at radius 2 is 1.83 bits per heavy atom. The molecule has 5 atom stereocenters. The van der Waals surface area contributed by atoms with Crippen molar-refractivity contribution < 1.29 is 0 Å². The Kier molecular flexibility index (Phi) is 6.68. The van der Waals surface area contributed by atoms with Crippen LogP contribution in [0.1, 0.15) is 67.2 Å². The van der Waals surface area contributed by atoms with E-state index in [-0.39, 0.29) is 0 Å². The van der Waals surface area contributed by atoms with E-state index in [0.717, 1.165) is 30.2 Å². The quantitative estimate of drug-likeness (QED) is 0.488. The van der Waals surface area contributed by atoms with Gasteiger partial charge in [-0.15, -0.1) is 0 Å². The highest BCUT2D eigenvalue weighted by Gasteiger charge is 2.35. The fourth-order valence-electron chi connectivity index (χ4n) is 4.13. The van der Waals surface area contributed by atoms with E-state index in [1.54, 1.807) is 5.57 Å². The van der Waals surface area contributed by atoms with E-state index in [1.807, 2.05) is 0 Å². The van der Waals surface area contributed by atoms with Gasteiger partial charge in [-0.2, -0.15) is 0 Å². The summed E-state index contributed by atoms with van der Waals surface area (Å²) in [6.07, 6.45) is 12.6. The number of nitrogens with zero attached hydrogens (tertiary/aromatic N) is 1. The zero-order chi connectivity index (χ0) is 17.0. The summed E-state index contributed by atoms with van der Waals surface area (Å²) in [6, 6.07) is 0. The van der Waals surface area contributed by atoms with Crippen LogP contribution >= 0.6 is 0 Å². The van der Waals surface area contributed by atoms with Crippen LogP contribution in [0.15, 0.2) is 28.8 Å². The van der Waals surface area contributed by atoms with Crippen LogP contribution in [0.4, 0.5) is 0 Å². The first-order chi connectivity index (χ1) is 11.0. The lowest BCUT2D eigenvalue weighted by Gasteiger charge is -2.40. The monoisotopic (exact) mass is 315 g/mol. The molecule has 0 aliphatic heterocycles. The van der Waals surface area contributed by atoms with Gasteiger partial charge in [0.2, 0.25) is 0 Å². The zero-order valence-electron chi connectivity index (χ0n) is 16.2. The Labute approximate surface area is 144 Å². The number of aliphatic imine (C=N–C) groups is 1. The molecule has 0 saturated heterocycles. The van der Waals surface area contributed by atoms with Gasteiger partial charge < -0.3 is 0 Å². The normalized spacial score (nSPS) is 31.3. The summed E-state index contributed by atoms with van der Waals surface area (Å²) in [7, 11) is 0. The van der Waals surface area contributed by atoms with Crippen LogP contribution in [0.3, 0.4) is 0 Å². The molecule has 23 heavy (non-hydrogen) atoms. The number of fused-ring (bicyclic) bond motifs is 3. The molecule has 0 aromatic heterocycles. The van der Waals surface area contributed by atoms with Crippen molar-refractivity contribution in [1.29, 1.82) is 0 Å². The van der Waals surface area contributed by atoms with Gasteiger partial charge in [-0.3, -0.25) is 4.99 Å². The Hall–Kier alpha value is -0.850. The number of hydrogen-bond acceptors (Lipinski definition) is 1. The second-order valence-corrected chi connectivity index (χ2v) is 8.19. The van der Waals surface area contributed by atoms with E-state index in [1.165, 1.54) is 31.4 Å². The average molecular weight is 316 g/mol. The first-order valence-corrected chi connectivity index (χ1v) is 9.90. The summed E-state index contributed by atoms with van der Waals surface area (Å²) in [5.74, 6) is 4.40. The zero-order valence-corrected chi connectivity index (χ0v) is 16.2. The highest BCUT2D eigenvalue weighted by atomic mass is 14.7. The topological polar surface area (TPSA) is 12.4 Å². The van der Waals surface area contributed by atoms with Gasteiger partial charge in [-0.1, -0.05) is 58.8 Å². The maximum absolute atomic E-state index is 4.88. The van der Waals surface area contributed by atoms with Gasteiger partial charge in [0.1, 0.15) is 0 Å². The Morgan fingerprint density at radius 3 is 2.39 bits per heavy atom. The molecule has 0 heterocycles. The Bertz CT molecular complexity index is 468. The summed E-state index contributed by atoms with van der Waals surface area (Å²) in [4.78, 5) is 4.88. The van der Waals surface area contributed by atoms with Crippen molar-refractivity contribution in [3.8, 4) is 0 Å². The van der Waals surface area contributed by atoms with Gasteiger partial charge in [-0.25, -0.2) is 0 Å². The molecule has 130 valence electrons. The second kappa shape index (κ2) is 8.31. The van der Waals surface area contributed by atoms with Gasteiger partial charge >= 0.3 is 0 Å². The van der Waals surface area contributed by atoms with Crippen LogP contribution in [0, 0.1) is 35.5 Å². The Balaban J connectivity index is 2.13. The van der Waals surface area contributed by atoms with E-state index < -0.39 is 0 Å². The lowest BCUT2D eigenvalue weighted by Crippen LogP contribution is -2.33. The largest absolute Gasteiger partial charge is 0.289 e. The molecule has 3 aliphatic carbocycles. The summed E-state index contributed by atoms with van der Waals surface area (Å²) >= 11 is 0. The van der Waals surface area contributed by atoms with Gasteiger partial charge in [0.05, 0.1) is 0 Å². The first-order valence-electron chi connectivity index (χ1n) is 9.90. The smallest absolute Gasteiger partial charge is 0.0419 e. The van der Waals surface area contributed by atoms with Crippen molar-refractivity contribution in [3.63, 3.8) is 0 Å². The van der Waals surface area contributed by atoms with Gasteiger partial charge in [0, 0.05) is 18.2 Å². The van der Waals surface area contributed by atoms with Crippen molar-refractivity contribution >= 4 is 5.71 Å². The molecule has 1 unspecified atom stereocenters. The lowest BCUT2D eigenvalue weighted by molar-refractivity contribution is 0.318. The second-order valence-electron chi connectivity index (χ2n) is 8.19. The minimum absolute atomic E-state index is 0.569. The predicted octanol–water partition coefficient (Wildman–Crippen LogP) is 6.31. The molecule has 3 rings (SSSR count). The molecule has 0 spiro atoms. The molecule has 0 N–H and O–H groups in total. The molecule has 0 aromatic rings. The molecule has 3 aliphatic rings. The molecular weight excluding hydrogens is 278 g/mol. The third kappa shape index (κ3) is 4.37. The molecule has 1 nitrogen and oxygen atoms in total. The molecular formula is C22H37N. The van der Waals surface area contributed by atoms with Gasteiger partial charge in [0.15, 0.2) is 0 Å². The summed E-state index contributed by atoms with van der Waals surface area (Å²) in [5.41, 5.74) is 3.02. The molecule has 1 heteroatoms. The SMILES string of the molecule is CCN=C1C=CC(CC)[C@H]2C=C(C2)[C@@H]1[C@@H](C)CC[C@H](C)C(C)C. The molecule has 0 fully saturated rings. The van der Waals surface area contributed by atoms with E-state index in [9.17, 15) is 0 Å². The standard InChI is InChI=1S/C22H37N/c1-7-18-11-12-21(23-8-2)22(20-13-19(18)14-20)17(6)10-9-16(5)15(3)4/h11-13,15-19,22H,7-10,14H2,1-6H3/t16-,17-,18?,19-,22-/m0/s1. The third-order valence-electron chi connectivity index (χ3n) is 6.28. The van der Waals surface area contributed by atoms with Crippen LogP contribution in [0.25, 0.3) is 0 Å². The molecule has 0 saturated carbocycles. The number of hydrogen-bond donors (Lipinski definition) is 0. The summed E-state index contributed by atoms with van der Waals surface area (Å²) in [6.45, 7) is 14.9. The van der Waals surface area contributed by atoms with Crippen LogP contribution in [0.2, 0.25) is 0 Å². The number of allylic oxidation sites excluding steroid dienone is 4. The van der Waals surface area contributed by atoms with Crippen LogP contribution in [0.5, 0.6) is 0 Å². The van der Waals surface area contributed by atoms with Crippen LogP contribution in [-0.2, 0) is 0 Å². The van der Waals surface area contributed by atoms with E-state index in [4.69, 9.17) is 4.99 Å². The fraction of sp³-hybridized carbons (Fsp3) is 0.773. The van der Waals surface area contributed by atoms with Gasteiger partial charge in [-0.05, 0) is 61.9 Å². The highest BCUT2D eigenvalue weighted by Crippen LogP contribution is 2.44. The maximum atomic E-state index is 4.88. The fourth-order valence-corrected chi connectivity index (χ4v) is 4.13. The van der Waals surface area contributed by atoms with E-state index >= 15 is 0 Å². The van der Waals surface area contributed by atoms with Gasteiger partial charge in [0.25, 0.3) is 0 Å². The molecule has 2 bridgehead atoms. The molecule has 0 radical (unpaired) electrons. The van der Waals surface area contributed by atoms with Crippen molar-refractivity contribution in [2.75, 3.05) is 6.54 Å². The summed E-state index contributed by atoms with van der Waals surface area (Å²) < 4.78 is 0. The van der Waals surface area contributed by atoms with Crippen molar-refractivity contribution in [3.05, 3.63) is 23.8 Å². The van der Waals surface area contributed by atoms with Crippen LogP contribution < -0.4 is 0 Å². The van der Waals surface area contributed by atoms with Crippen molar-refractivity contribution in [2.24, 2.45) is 40.5 Å². The van der Waals surface area contributed by atoms with E-state index in [2.05, 4.69) is 59.8 Å². The average Bonchev–Trinajstić information content (AvgIpc) is 2.45.